The Morgan fingerprint density at radius 3 is 2.22 bits per heavy atom. The first kappa shape index (κ1) is 17.3. The summed E-state index contributed by atoms with van der Waals surface area (Å²) in [6.45, 7) is 0. The minimum absolute atomic E-state index is 0.0205. The van der Waals surface area contributed by atoms with Gasteiger partial charge in [-0.05, 0) is 36.4 Å². The largest absolute Gasteiger partial charge is 0.350 e. The summed E-state index contributed by atoms with van der Waals surface area (Å²) in [6, 6.07) is 6.58. The molecule has 2 aromatic carbocycles. The first-order valence-corrected chi connectivity index (χ1v) is 7.23. The van der Waals surface area contributed by atoms with Crippen molar-refractivity contribution in [3.05, 3.63) is 62.8 Å². The maximum atomic E-state index is 13.8. The van der Waals surface area contributed by atoms with Crippen LogP contribution in [0.4, 0.5) is 14.9 Å². The van der Waals surface area contributed by atoms with Crippen molar-refractivity contribution in [2.24, 2.45) is 5.73 Å². The Morgan fingerprint density at radius 2 is 1.65 bits per heavy atom. The Bertz CT molecular complexity index is 786. The van der Waals surface area contributed by atoms with Crippen LogP contribution in [0, 0.1) is 5.82 Å². The number of hydrogen-bond acceptors (Lipinski definition) is 3. The molecule has 9 heteroatoms. The zero-order valence-electron chi connectivity index (χ0n) is 11.3. The van der Waals surface area contributed by atoms with Crippen molar-refractivity contribution < 1.29 is 14.0 Å². The van der Waals surface area contributed by atoms with Crippen molar-refractivity contribution >= 4 is 52.4 Å². The minimum atomic E-state index is -1.14. The van der Waals surface area contributed by atoms with Crippen LogP contribution in [0.2, 0.25) is 15.1 Å². The average Bonchev–Trinajstić information content (AvgIpc) is 2.45. The van der Waals surface area contributed by atoms with E-state index >= 15 is 0 Å². The fourth-order valence-corrected chi connectivity index (χ4v) is 2.34. The third kappa shape index (κ3) is 4.04. The third-order valence-corrected chi connectivity index (χ3v) is 3.53. The van der Waals surface area contributed by atoms with Gasteiger partial charge in [0.1, 0.15) is 5.82 Å². The molecule has 2 rings (SSSR count). The summed E-state index contributed by atoms with van der Waals surface area (Å²) in [5.74, 6) is -1.63. The molecule has 0 heterocycles. The Labute approximate surface area is 145 Å². The lowest BCUT2D eigenvalue weighted by Gasteiger charge is -2.21. The molecule has 0 unspecified atom stereocenters. The number of primary amides is 1. The van der Waals surface area contributed by atoms with Gasteiger partial charge in [0.2, 0.25) is 0 Å². The van der Waals surface area contributed by atoms with E-state index in [1.54, 1.807) is 0 Å². The Morgan fingerprint density at radius 1 is 1.04 bits per heavy atom. The van der Waals surface area contributed by atoms with Gasteiger partial charge in [0.05, 0.1) is 16.3 Å². The van der Waals surface area contributed by atoms with Gasteiger partial charge < -0.3 is 5.73 Å². The topological polar surface area (TPSA) is 75.4 Å². The number of rotatable bonds is 3. The monoisotopic (exact) mass is 375 g/mol. The van der Waals surface area contributed by atoms with Crippen LogP contribution in [0.5, 0.6) is 0 Å². The number of urea groups is 1. The van der Waals surface area contributed by atoms with Gasteiger partial charge in [-0.1, -0.05) is 34.8 Å². The summed E-state index contributed by atoms with van der Waals surface area (Å²) in [4.78, 5) is 23.9. The molecule has 23 heavy (non-hydrogen) atoms. The van der Waals surface area contributed by atoms with Crippen LogP contribution in [0.1, 0.15) is 10.4 Å². The molecule has 0 bridgehead atoms. The first-order chi connectivity index (χ1) is 10.8. The SMILES string of the molecule is NC(=O)N(Nc1ccc(Cl)cc1F)C(=O)c1ccc(Cl)cc1Cl. The van der Waals surface area contributed by atoms with E-state index in [-0.39, 0.29) is 21.3 Å². The highest BCUT2D eigenvalue weighted by molar-refractivity contribution is 6.37. The highest BCUT2D eigenvalue weighted by Gasteiger charge is 2.24. The van der Waals surface area contributed by atoms with E-state index in [1.165, 1.54) is 30.3 Å². The summed E-state index contributed by atoms with van der Waals surface area (Å²) in [5, 5.41) is 0.924. The predicted molar refractivity (Wildman–Crippen MR) is 87.2 cm³/mol. The Balaban J connectivity index is 2.34. The van der Waals surface area contributed by atoms with Crippen LogP contribution in [-0.2, 0) is 0 Å². The molecule has 0 spiro atoms. The maximum absolute atomic E-state index is 13.8. The van der Waals surface area contributed by atoms with E-state index in [0.29, 0.717) is 10.0 Å². The fourth-order valence-electron chi connectivity index (χ4n) is 1.69. The molecule has 0 aromatic heterocycles. The second kappa shape index (κ2) is 7.04. The van der Waals surface area contributed by atoms with Gasteiger partial charge in [0, 0.05) is 10.0 Å². The zero-order valence-corrected chi connectivity index (χ0v) is 13.6. The normalized spacial score (nSPS) is 10.3. The number of nitrogens with one attached hydrogen (secondary N) is 1. The van der Waals surface area contributed by atoms with Crippen molar-refractivity contribution in [1.82, 2.24) is 5.01 Å². The van der Waals surface area contributed by atoms with Crippen molar-refractivity contribution in [2.45, 2.75) is 0 Å². The van der Waals surface area contributed by atoms with Crippen molar-refractivity contribution in [1.29, 1.82) is 0 Å². The van der Waals surface area contributed by atoms with E-state index in [1.807, 2.05) is 0 Å². The fraction of sp³-hybridized carbons (Fsp3) is 0. The molecule has 0 saturated carbocycles. The molecule has 3 N–H and O–H groups in total. The number of hydrazine groups is 1. The molecule has 3 amide bonds. The number of halogens is 4. The standard InChI is InChI=1S/C14H9Cl3FN3O2/c15-7-1-3-9(10(17)5-7)13(22)21(14(19)23)20-12-4-2-8(16)6-11(12)18/h1-6,20H,(H2,19,23). The summed E-state index contributed by atoms with van der Waals surface area (Å²) in [5.41, 5.74) is 7.28. The second-order valence-corrected chi connectivity index (χ2v) is 5.62. The number of hydrogen-bond donors (Lipinski definition) is 2. The lowest BCUT2D eigenvalue weighted by molar-refractivity contribution is 0.0836. The van der Waals surface area contributed by atoms with Crippen LogP contribution >= 0.6 is 34.8 Å². The second-order valence-electron chi connectivity index (χ2n) is 4.34. The average molecular weight is 377 g/mol. The van der Waals surface area contributed by atoms with Crippen LogP contribution in [0.15, 0.2) is 36.4 Å². The number of carbonyl (C=O) groups excluding carboxylic acids is 2. The van der Waals surface area contributed by atoms with Gasteiger partial charge in [-0.2, -0.15) is 5.01 Å². The maximum Gasteiger partial charge on any atom is 0.341 e. The van der Waals surface area contributed by atoms with Gasteiger partial charge in [-0.25, -0.2) is 9.18 Å². The highest BCUT2D eigenvalue weighted by Crippen LogP contribution is 2.24. The van der Waals surface area contributed by atoms with Crippen LogP contribution in [0.25, 0.3) is 0 Å². The third-order valence-electron chi connectivity index (χ3n) is 2.75. The molecule has 5 nitrogen and oxygen atoms in total. The van der Waals surface area contributed by atoms with Gasteiger partial charge >= 0.3 is 6.03 Å². The molecule has 120 valence electrons. The summed E-state index contributed by atoms with van der Waals surface area (Å²) in [7, 11) is 0. The predicted octanol–water partition coefficient (Wildman–Crippen LogP) is 4.33. The van der Waals surface area contributed by atoms with E-state index in [2.05, 4.69) is 5.43 Å². The van der Waals surface area contributed by atoms with Crippen molar-refractivity contribution in [3.8, 4) is 0 Å². The van der Waals surface area contributed by atoms with Crippen LogP contribution in [0.3, 0.4) is 0 Å². The molecule has 0 aliphatic rings. The summed E-state index contributed by atoms with van der Waals surface area (Å²) >= 11 is 17.3. The van der Waals surface area contributed by atoms with E-state index in [4.69, 9.17) is 40.5 Å². The lowest BCUT2D eigenvalue weighted by Crippen LogP contribution is -2.45. The number of nitrogens with zero attached hydrogens (tertiary/aromatic N) is 1. The van der Waals surface area contributed by atoms with Gasteiger partial charge in [0.15, 0.2) is 0 Å². The summed E-state index contributed by atoms with van der Waals surface area (Å²) < 4.78 is 13.8. The van der Waals surface area contributed by atoms with Crippen LogP contribution < -0.4 is 11.2 Å². The van der Waals surface area contributed by atoms with Crippen molar-refractivity contribution in [3.63, 3.8) is 0 Å². The smallest absolute Gasteiger partial charge is 0.341 e. The molecule has 0 aliphatic carbocycles. The Kier molecular flexibility index (Phi) is 5.30. The molecular formula is C14H9Cl3FN3O2. The van der Waals surface area contributed by atoms with Gasteiger partial charge in [0.25, 0.3) is 5.91 Å². The van der Waals surface area contributed by atoms with E-state index in [0.717, 1.165) is 6.07 Å². The number of nitrogens with two attached hydrogens (primary N) is 1. The van der Waals surface area contributed by atoms with E-state index < -0.39 is 17.8 Å². The number of benzene rings is 2. The van der Waals surface area contributed by atoms with Crippen LogP contribution in [-0.4, -0.2) is 16.9 Å². The van der Waals surface area contributed by atoms with Gasteiger partial charge in [-0.3, -0.25) is 10.2 Å². The number of imide groups is 1. The molecular weight excluding hydrogens is 368 g/mol. The molecule has 0 saturated heterocycles. The molecule has 0 radical (unpaired) electrons. The minimum Gasteiger partial charge on any atom is -0.350 e. The Hall–Kier alpha value is -2.02. The molecule has 2 aromatic rings. The molecule has 0 atom stereocenters. The first-order valence-electron chi connectivity index (χ1n) is 6.10. The molecule has 0 fully saturated rings. The van der Waals surface area contributed by atoms with Crippen molar-refractivity contribution in [2.75, 3.05) is 5.43 Å². The summed E-state index contributed by atoms with van der Waals surface area (Å²) in [6.07, 6.45) is 0. The van der Waals surface area contributed by atoms with E-state index in [9.17, 15) is 14.0 Å². The van der Waals surface area contributed by atoms with Gasteiger partial charge in [-0.15, -0.1) is 0 Å². The number of carbonyl (C=O) groups is 2. The number of anilines is 1. The number of amides is 3. The quantitative estimate of drug-likeness (QED) is 0.783. The zero-order chi connectivity index (χ0) is 17.1. The molecule has 0 aliphatic heterocycles. The lowest BCUT2D eigenvalue weighted by atomic mass is 10.2. The highest BCUT2D eigenvalue weighted by atomic mass is 35.5.